The second-order valence-electron chi connectivity index (χ2n) is 4.84. The lowest BCUT2D eigenvalue weighted by Gasteiger charge is -2.37. The van der Waals surface area contributed by atoms with Crippen LogP contribution < -0.4 is 0 Å². The predicted octanol–water partition coefficient (Wildman–Crippen LogP) is 4.42. The lowest BCUT2D eigenvalue weighted by molar-refractivity contribution is 0.328. The molecule has 0 bridgehead atoms. The van der Waals surface area contributed by atoms with Crippen molar-refractivity contribution >= 4 is 56.4 Å². The fourth-order valence-corrected chi connectivity index (χ4v) is 4.62. The highest BCUT2D eigenvalue weighted by Gasteiger charge is 2.44. The van der Waals surface area contributed by atoms with Crippen LogP contribution in [0.4, 0.5) is 0 Å². The van der Waals surface area contributed by atoms with Crippen LogP contribution in [0.5, 0.6) is 0 Å². The van der Waals surface area contributed by atoms with Gasteiger partial charge < -0.3 is 0 Å². The fourth-order valence-electron chi connectivity index (χ4n) is 2.15. The molecule has 0 saturated heterocycles. The van der Waals surface area contributed by atoms with Crippen molar-refractivity contribution in [3.05, 3.63) is 40.9 Å². The van der Waals surface area contributed by atoms with Gasteiger partial charge in [0.1, 0.15) is 0 Å². The second-order valence-corrected chi connectivity index (χ2v) is 9.54. The van der Waals surface area contributed by atoms with Crippen LogP contribution >= 0.6 is 46.4 Å². The van der Waals surface area contributed by atoms with E-state index in [0.29, 0.717) is 11.4 Å². The molecule has 1 aromatic rings. The van der Waals surface area contributed by atoms with Gasteiger partial charge in [-0.05, 0) is 37.6 Å². The number of halogens is 4. The van der Waals surface area contributed by atoms with E-state index in [1.165, 1.54) is 28.6 Å². The summed E-state index contributed by atoms with van der Waals surface area (Å²) in [4.78, 5) is 0.124. The highest BCUT2D eigenvalue weighted by Crippen LogP contribution is 2.40. The Kier molecular flexibility index (Phi) is 5.19. The third-order valence-corrected chi connectivity index (χ3v) is 6.18. The number of hydrogen-bond donors (Lipinski definition) is 0. The summed E-state index contributed by atoms with van der Waals surface area (Å²) in [5, 5.41) is 0.460. The Labute approximate surface area is 144 Å². The smallest absolute Gasteiger partial charge is 0.207 e. The molecule has 3 nitrogen and oxygen atoms in total. The van der Waals surface area contributed by atoms with Gasteiger partial charge >= 0.3 is 0 Å². The monoisotopic (exact) mass is 387 g/mol. The number of sulfonamides is 1. The number of rotatable bonds is 2. The molecule has 0 saturated carbocycles. The van der Waals surface area contributed by atoms with Gasteiger partial charge in [-0.2, -0.15) is 4.31 Å². The van der Waals surface area contributed by atoms with Gasteiger partial charge in [0.05, 0.1) is 10.9 Å². The molecule has 1 aromatic carbocycles. The maximum Gasteiger partial charge on any atom is 0.243 e. The zero-order valence-electron chi connectivity index (χ0n) is 11.1. The summed E-state index contributed by atoms with van der Waals surface area (Å²) in [7, 11) is -3.76. The second kappa shape index (κ2) is 6.26. The molecule has 1 aliphatic rings. The fraction of sp³-hybridized carbons (Fsp3) is 0.385. The normalized spacial score (nSPS) is 21.2. The molecule has 0 radical (unpaired) electrons. The van der Waals surface area contributed by atoms with Crippen LogP contribution in [0.25, 0.3) is 0 Å². The molecule has 8 heteroatoms. The van der Waals surface area contributed by atoms with Crippen molar-refractivity contribution in [2.45, 2.75) is 28.1 Å². The number of benzene rings is 1. The summed E-state index contributed by atoms with van der Waals surface area (Å²) in [5.41, 5.74) is 0.994. The maximum atomic E-state index is 12.7. The number of alkyl halides is 3. The summed E-state index contributed by atoms with van der Waals surface area (Å²) in [6.07, 6.45) is 2.20. The van der Waals surface area contributed by atoms with Crippen LogP contribution in [0.3, 0.4) is 0 Å². The first-order valence-electron chi connectivity index (χ1n) is 6.12. The highest BCUT2D eigenvalue weighted by atomic mass is 35.6. The predicted molar refractivity (Wildman–Crippen MR) is 87.8 cm³/mol. The van der Waals surface area contributed by atoms with E-state index in [4.69, 9.17) is 46.4 Å². The van der Waals surface area contributed by atoms with E-state index in [1.807, 2.05) is 13.0 Å². The van der Waals surface area contributed by atoms with Crippen LogP contribution in [0.15, 0.2) is 40.8 Å². The Hall–Kier alpha value is 0.0300. The molecule has 116 valence electrons. The first-order valence-corrected chi connectivity index (χ1v) is 9.07. The molecular formula is C13H13Cl4NO2S. The molecule has 0 spiro atoms. The molecule has 1 aliphatic heterocycles. The largest absolute Gasteiger partial charge is 0.243 e. The lowest BCUT2D eigenvalue weighted by atomic mass is 10.1. The van der Waals surface area contributed by atoms with Gasteiger partial charge in [-0.3, -0.25) is 0 Å². The van der Waals surface area contributed by atoms with Crippen molar-refractivity contribution < 1.29 is 8.42 Å². The van der Waals surface area contributed by atoms with E-state index in [9.17, 15) is 8.42 Å². The van der Waals surface area contributed by atoms with Crippen molar-refractivity contribution in [3.63, 3.8) is 0 Å². The van der Waals surface area contributed by atoms with Crippen LogP contribution in [0, 0.1) is 0 Å². The van der Waals surface area contributed by atoms with Crippen LogP contribution in [-0.2, 0) is 10.0 Å². The summed E-state index contributed by atoms with van der Waals surface area (Å²) >= 11 is 23.7. The molecule has 0 fully saturated rings. The van der Waals surface area contributed by atoms with Crippen molar-refractivity contribution in [1.29, 1.82) is 0 Å². The topological polar surface area (TPSA) is 37.4 Å². The van der Waals surface area contributed by atoms with Gasteiger partial charge in [0.2, 0.25) is 13.8 Å². The molecule has 21 heavy (non-hydrogen) atoms. The zero-order valence-corrected chi connectivity index (χ0v) is 14.9. The van der Waals surface area contributed by atoms with E-state index in [2.05, 4.69) is 0 Å². The Balaban J connectivity index is 2.44. The molecule has 0 N–H and O–H groups in total. The minimum Gasteiger partial charge on any atom is -0.207 e. The average Bonchev–Trinajstić information content (AvgIpc) is 2.38. The maximum absolute atomic E-state index is 12.7. The van der Waals surface area contributed by atoms with Gasteiger partial charge in [0.15, 0.2) is 0 Å². The van der Waals surface area contributed by atoms with Crippen molar-refractivity contribution in [3.8, 4) is 0 Å². The van der Waals surface area contributed by atoms with Gasteiger partial charge in [-0.1, -0.05) is 58.1 Å². The van der Waals surface area contributed by atoms with Crippen molar-refractivity contribution in [2.75, 3.05) is 6.54 Å². The third-order valence-electron chi connectivity index (χ3n) is 3.28. The van der Waals surface area contributed by atoms with E-state index in [-0.39, 0.29) is 11.4 Å². The van der Waals surface area contributed by atoms with Gasteiger partial charge in [-0.15, -0.1) is 0 Å². The number of hydrogen-bond acceptors (Lipinski definition) is 2. The zero-order chi connectivity index (χ0) is 15.8. The molecule has 1 atom stereocenters. The quantitative estimate of drug-likeness (QED) is 0.555. The number of nitrogens with zero attached hydrogens (tertiary/aromatic N) is 1. The molecule has 0 aromatic heterocycles. The average molecular weight is 389 g/mol. The molecule has 0 unspecified atom stereocenters. The summed E-state index contributed by atoms with van der Waals surface area (Å²) in [5.74, 6) is 0. The Bertz CT molecular complexity index is 650. The van der Waals surface area contributed by atoms with Crippen LogP contribution in [0.1, 0.15) is 13.3 Å². The Morgan fingerprint density at radius 3 is 2.29 bits per heavy atom. The first-order chi connectivity index (χ1) is 9.62. The SMILES string of the molecule is CC1=CCN(S(=O)(=O)c2ccc(Cl)cc2)[C@@H](C(Cl)(Cl)Cl)C1. The van der Waals surface area contributed by atoms with Crippen molar-refractivity contribution in [2.24, 2.45) is 0 Å². The van der Waals surface area contributed by atoms with E-state index < -0.39 is 19.9 Å². The van der Waals surface area contributed by atoms with Crippen molar-refractivity contribution in [1.82, 2.24) is 4.31 Å². The minimum absolute atomic E-state index is 0.124. The Morgan fingerprint density at radius 2 is 1.76 bits per heavy atom. The molecule has 1 heterocycles. The standard InChI is InChI=1S/C13H13Cl4NO2S/c1-9-6-7-18(12(8-9)13(15,16)17)21(19,20)11-4-2-10(14)3-5-11/h2-6,12H,7-8H2,1H3/t12-/m1/s1. The molecule has 0 amide bonds. The van der Waals surface area contributed by atoms with E-state index in [1.54, 1.807) is 0 Å². The highest BCUT2D eigenvalue weighted by molar-refractivity contribution is 7.89. The summed E-state index contributed by atoms with van der Waals surface area (Å²) < 4.78 is 25.0. The minimum atomic E-state index is -3.76. The van der Waals surface area contributed by atoms with Crippen LogP contribution in [0.2, 0.25) is 5.02 Å². The van der Waals surface area contributed by atoms with E-state index in [0.717, 1.165) is 5.57 Å². The third kappa shape index (κ3) is 3.87. The van der Waals surface area contributed by atoms with Gasteiger partial charge in [0.25, 0.3) is 0 Å². The molecule has 2 rings (SSSR count). The summed E-state index contributed by atoms with van der Waals surface area (Å²) in [6.45, 7) is 2.06. The summed E-state index contributed by atoms with van der Waals surface area (Å²) in [6, 6.07) is 5.18. The van der Waals surface area contributed by atoms with Crippen LogP contribution in [-0.4, -0.2) is 29.1 Å². The lowest BCUT2D eigenvalue weighted by Crippen LogP contribution is -2.49. The molecular weight excluding hydrogens is 376 g/mol. The Morgan fingerprint density at radius 1 is 1.19 bits per heavy atom. The van der Waals surface area contributed by atoms with E-state index >= 15 is 0 Å². The molecule has 0 aliphatic carbocycles. The first kappa shape index (κ1) is 17.4. The van der Waals surface area contributed by atoms with Gasteiger partial charge in [0, 0.05) is 11.6 Å². The van der Waals surface area contributed by atoms with Gasteiger partial charge in [-0.25, -0.2) is 8.42 Å².